The van der Waals surface area contributed by atoms with E-state index in [-0.39, 0.29) is 10.8 Å². The van der Waals surface area contributed by atoms with Gasteiger partial charge in [0, 0.05) is 0 Å². The highest BCUT2D eigenvalue weighted by atomic mass is 16.5. The van der Waals surface area contributed by atoms with Crippen LogP contribution in [0.25, 0.3) is 0 Å². The number of nitrogens with zero attached hydrogens (tertiary/aromatic N) is 1. The van der Waals surface area contributed by atoms with Crippen LogP contribution in [0.1, 0.15) is 156 Å². The van der Waals surface area contributed by atoms with Crippen LogP contribution in [-0.4, -0.2) is 36.0 Å². The molecule has 0 unspecified atom stereocenters. The molecule has 0 amide bonds. The van der Waals surface area contributed by atoms with E-state index < -0.39 is 5.60 Å². The summed E-state index contributed by atoms with van der Waals surface area (Å²) in [5, 5.41) is 20.7. The number of hydroxylamine groups is 3. The van der Waals surface area contributed by atoms with Gasteiger partial charge in [-0.25, -0.2) is 0 Å². The molecular weight excluding hydrogens is 396 g/mol. The molecule has 0 aromatic rings. The zero-order valence-corrected chi connectivity index (χ0v) is 23.4. The van der Waals surface area contributed by atoms with Crippen LogP contribution >= 0.6 is 0 Å². The number of aliphatic hydroxyl groups is 1. The maximum Gasteiger partial charge on any atom is 0.0779 e. The molecule has 0 aliphatic rings. The third-order valence-corrected chi connectivity index (χ3v) is 5.94. The lowest BCUT2D eigenvalue weighted by Gasteiger charge is -2.33. The molecule has 0 aromatic heterocycles. The summed E-state index contributed by atoms with van der Waals surface area (Å²) in [4.78, 5) is 0. The molecule has 4 N–H and O–H groups in total. The average Bonchev–Trinajstić information content (AvgIpc) is 2.67. The molecule has 198 valence electrons. The molecule has 4 nitrogen and oxygen atoms in total. The molecule has 0 aromatic carbocycles. The van der Waals surface area contributed by atoms with Crippen LogP contribution in [0.3, 0.4) is 0 Å². The Morgan fingerprint density at radius 3 is 1.12 bits per heavy atom. The van der Waals surface area contributed by atoms with Crippen LogP contribution in [-0.2, 0) is 0 Å². The number of hydrogen-bond acceptors (Lipinski definition) is 3. The Bertz CT molecular complexity index is 335. The zero-order valence-electron chi connectivity index (χ0n) is 23.4. The first-order valence-corrected chi connectivity index (χ1v) is 13.9. The standard InChI is InChI=1S/C18H38O.C10H23NO.H3N/c1-4-5-6-7-8-9-10-11-12-13-14-15-16-17-18(2,3)19;1-4-5-6-7-8-9-10-11(2,3)12;/h19H,4-17H2,1-3H3;4-10H2,1-3H3;1H3. The summed E-state index contributed by atoms with van der Waals surface area (Å²) in [7, 11) is 3.43. The summed E-state index contributed by atoms with van der Waals surface area (Å²) in [6.07, 6.45) is 26.6. The van der Waals surface area contributed by atoms with Gasteiger partial charge in [0.05, 0.1) is 26.2 Å². The second-order valence-electron chi connectivity index (χ2n) is 10.9. The van der Waals surface area contributed by atoms with Crippen molar-refractivity contribution in [1.82, 2.24) is 6.15 Å². The smallest absolute Gasteiger partial charge is 0.0779 e. The van der Waals surface area contributed by atoms with Gasteiger partial charge in [0.15, 0.2) is 0 Å². The molecule has 32 heavy (non-hydrogen) atoms. The molecule has 4 heteroatoms. The normalized spacial score (nSPS) is 11.6. The topological polar surface area (TPSA) is 78.3 Å². The lowest BCUT2D eigenvalue weighted by Crippen LogP contribution is -2.32. The lowest BCUT2D eigenvalue weighted by molar-refractivity contribution is -0.840. The molecule has 0 rings (SSSR count). The Hall–Kier alpha value is -0.160. The molecular formula is C28H64N2O2. The van der Waals surface area contributed by atoms with Crippen LogP contribution in [0.5, 0.6) is 0 Å². The van der Waals surface area contributed by atoms with Crippen molar-refractivity contribution in [2.24, 2.45) is 0 Å². The highest BCUT2D eigenvalue weighted by Gasteiger charge is 2.10. The minimum atomic E-state index is -0.461. The number of quaternary nitrogens is 1. The first-order chi connectivity index (χ1) is 14.6. The SMILES string of the molecule is CCCCCCCCCCCCCCCC(C)(C)O.CCCCCCCC[N+](C)(C)[O-].N. The Balaban J connectivity index is -0.000000561. The summed E-state index contributed by atoms with van der Waals surface area (Å²) >= 11 is 0. The van der Waals surface area contributed by atoms with E-state index >= 15 is 0 Å². The zero-order chi connectivity index (χ0) is 23.8. The summed E-state index contributed by atoms with van der Waals surface area (Å²) in [6.45, 7) is 9.09. The summed E-state index contributed by atoms with van der Waals surface area (Å²) in [5.74, 6) is 0. The number of unbranched alkanes of at least 4 members (excludes halogenated alkanes) is 17. The second-order valence-corrected chi connectivity index (χ2v) is 10.9. The molecule has 0 aliphatic carbocycles. The van der Waals surface area contributed by atoms with Gasteiger partial charge in [0.25, 0.3) is 0 Å². The first-order valence-electron chi connectivity index (χ1n) is 13.9. The van der Waals surface area contributed by atoms with E-state index in [1.54, 1.807) is 14.1 Å². The summed E-state index contributed by atoms with van der Waals surface area (Å²) in [5.41, 5.74) is -0.461. The highest BCUT2D eigenvalue weighted by Crippen LogP contribution is 2.16. The summed E-state index contributed by atoms with van der Waals surface area (Å²) < 4.78 is -0.131. The Kier molecular flexibility index (Phi) is 29.0. The van der Waals surface area contributed by atoms with Crippen LogP contribution in [0.4, 0.5) is 0 Å². The van der Waals surface area contributed by atoms with Crippen LogP contribution < -0.4 is 6.15 Å². The fraction of sp³-hybridized carbons (Fsp3) is 1.00. The second kappa shape index (κ2) is 25.5. The number of rotatable bonds is 21. The van der Waals surface area contributed by atoms with Crippen molar-refractivity contribution in [1.29, 1.82) is 0 Å². The minimum absolute atomic E-state index is 0. The fourth-order valence-electron chi connectivity index (χ4n) is 3.85. The van der Waals surface area contributed by atoms with E-state index in [0.29, 0.717) is 0 Å². The van der Waals surface area contributed by atoms with Crippen molar-refractivity contribution in [2.75, 3.05) is 20.6 Å². The van der Waals surface area contributed by atoms with Crippen molar-refractivity contribution >= 4 is 0 Å². The van der Waals surface area contributed by atoms with E-state index in [0.717, 1.165) is 19.4 Å². The average molecular weight is 461 g/mol. The molecule has 0 fully saturated rings. The predicted octanol–water partition coefficient (Wildman–Crippen LogP) is 9.32. The largest absolute Gasteiger partial charge is 0.633 e. The molecule has 0 heterocycles. The molecule has 0 radical (unpaired) electrons. The van der Waals surface area contributed by atoms with Gasteiger partial charge >= 0.3 is 0 Å². The van der Waals surface area contributed by atoms with Crippen molar-refractivity contribution < 1.29 is 9.75 Å². The molecule has 0 aliphatic heterocycles. The van der Waals surface area contributed by atoms with E-state index in [9.17, 15) is 10.3 Å². The third-order valence-electron chi connectivity index (χ3n) is 5.94. The van der Waals surface area contributed by atoms with Gasteiger partial charge < -0.3 is 21.1 Å². The van der Waals surface area contributed by atoms with E-state index in [1.807, 2.05) is 13.8 Å². The summed E-state index contributed by atoms with van der Waals surface area (Å²) in [6, 6.07) is 0. The monoisotopic (exact) mass is 460 g/mol. The maximum atomic E-state index is 11.1. The fourth-order valence-corrected chi connectivity index (χ4v) is 3.85. The van der Waals surface area contributed by atoms with Crippen molar-refractivity contribution in [3.63, 3.8) is 0 Å². The van der Waals surface area contributed by atoms with Crippen molar-refractivity contribution in [3.05, 3.63) is 5.21 Å². The Morgan fingerprint density at radius 1 is 0.562 bits per heavy atom. The van der Waals surface area contributed by atoms with Gasteiger partial charge in [-0.1, -0.05) is 123 Å². The van der Waals surface area contributed by atoms with Crippen molar-refractivity contribution in [3.8, 4) is 0 Å². The van der Waals surface area contributed by atoms with Gasteiger partial charge in [0.2, 0.25) is 0 Å². The van der Waals surface area contributed by atoms with Gasteiger partial charge in [0.1, 0.15) is 0 Å². The number of hydrogen-bond donors (Lipinski definition) is 2. The molecule has 0 saturated carbocycles. The van der Waals surface area contributed by atoms with Crippen LogP contribution in [0.2, 0.25) is 0 Å². The molecule has 0 saturated heterocycles. The van der Waals surface area contributed by atoms with Crippen LogP contribution in [0.15, 0.2) is 0 Å². The van der Waals surface area contributed by atoms with Gasteiger partial charge in [-0.2, -0.15) is 0 Å². The Labute approximate surface area is 203 Å². The maximum absolute atomic E-state index is 11.1. The van der Waals surface area contributed by atoms with Gasteiger partial charge in [-0.05, 0) is 33.1 Å². The molecule has 0 atom stereocenters. The third kappa shape index (κ3) is 40.2. The van der Waals surface area contributed by atoms with Crippen LogP contribution in [0, 0.1) is 5.21 Å². The van der Waals surface area contributed by atoms with E-state index in [1.165, 1.54) is 116 Å². The van der Waals surface area contributed by atoms with Crippen molar-refractivity contribution in [2.45, 2.75) is 162 Å². The molecule has 0 spiro atoms. The minimum Gasteiger partial charge on any atom is -0.633 e. The van der Waals surface area contributed by atoms with E-state index in [2.05, 4.69) is 13.8 Å². The lowest BCUT2D eigenvalue weighted by atomic mass is 9.99. The van der Waals surface area contributed by atoms with Gasteiger partial charge in [-0.15, -0.1) is 0 Å². The quantitative estimate of drug-likeness (QED) is 0.102. The molecule has 0 bridgehead atoms. The predicted molar refractivity (Wildman–Crippen MR) is 145 cm³/mol. The van der Waals surface area contributed by atoms with E-state index in [4.69, 9.17) is 0 Å². The highest BCUT2D eigenvalue weighted by molar-refractivity contribution is 4.64. The van der Waals surface area contributed by atoms with Gasteiger partial charge in [-0.3, -0.25) is 0 Å². The Morgan fingerprint density at radius 2 is 0.844 bits per heavy atom. The first kappa shape index (κ1) is 36.4.